The van der Waals surface area contributed by atoms with Gasteiger partial charge in [-0.1, -0.05) is 12.1 Å². The van der Waals surface area contributed by atoms with Gasteiger partial charge in [0.15, 0.2) is 0 Å². The van der Waals surface area contributed by atoms with Gasteiger partial charge in [-0.3, -0.25) is 0 Å². The standard InChI is InChI=1S/C12H15FOS/c1-9-6-10(2-3-11(9)13)12(4-5-15)7-14-8-12/h2-3,6,15H,4-5,7-8H2,1H3. The van der Waals surface area contributed by atoms with E-state index in [0.717, 1.165) is 25.4 Å². The number of rotatable bonds is 3. The molecule has 0 radical (unpaired) electrons. The van der Waals surface area contributed by atoms with Crippen LogP contribution in [-0.4, -0.2) is 19.0 Å². The molecule has 1 aromatic carbocycles. The number of thiol groups is 1. The van der Waals surface area contributed by atoms with Crippen LogP contribution in [0.15, 0.2) is 18.2 Å². The second kappa shape index (κ2) is 4.14. The van der Waals surface area contributed by atoms with Gasteiger partial charge in [-0.15, -0.1) is 0 Å². The van der Waals surface area contributed by atoms with Gasteiger partial charge in [-0.25, -0.2) is 4.39 Å². The van der Waals surface area contributed by atoms with E-state index in [-0.39, 0.29) is 11.2 Å². The van der Waals surface area contributed by atoms with Crippen LogP contribution in [0.2, 0.25) is 0 Å². The molecule has 3 heteroatoms. The Labute approximate surface area is 95.0 Å². The average molecular weight is 226 g/mol. The monoisotopic (exact) mass is 226 g/mol. The van der Waals surface area contributed by atoms with Gasteiger partial charge in [-0.05, 0) is 36.3 Å². The molecule has 1 heterocycles. The number of aryl methyl sites for hydroxylation is 1. The van der Waals surface area contributed by atoms with Gasteiger partial charge in [0.1, 0.15) is 5.82 Å². The molecule has 1 aliphatic heterocycles. The minimum Gasteiger partial charge on any atom is -0.379 e. The Hall–Kier alpha value is -0.540. The fraction of sp³-hybridized carbons (Fsp3) is 0.500. The number of ether oxygens (including phenoxy) is 1. The normalized spacial score (nSPS) is 18.6. The lowest BCUT2D eigenvalue weighted by atomic mass is 9.76. The maximum Gasteiger partial charge on any atom is 0.126 e. The largest absolute Gasteiger partial charge is 0.379 e. The smallest absolute Gasteiger partial charge is 0.126 e. The molecule has 1 nitrogen and oxygen atoms in total. The molecular formula is C12H15FOS. The lowest BCUT2D eigenvalue weighted by molar-refractivity contribution is -0.0614. The molecule has 0 aromatic heterocycles. The van der Waals surface area contributed by atoms with Crippen molar-refractivity contribution in [3.05, 3.63) is 35.1 Å². The third-order valence-corrected chi connectivity index (χ3v) is 3.34. The number of hydrogen-bond donors (Lipinski definition) is 1. The van der Waals surface area contributed by atoms with Crippen molar-refractivity contribution in [3.63, 3.8) is 0 Å². The molecule has 0 amide bonds. The van der Waals surface area contributed by atoms with Crippen molar-refractivity contribution in [2.75, 3.05) is 19.0 Å². The number of benzene rings is 1. The lowest BCUT2D eigenvalue weighted by Gasteiger charge is -2.42. The number of halogens is 1. The van der Waals surface area contributed by atoms with Crippen LogP contribution in [-0.2, 0) is 10.2 Å². The maximum absolute atomic E-state index is 13.1. The van der Waals surface area contributed by atoms with Crippen LogP contribution in [0.5, 0.6) is 0 Å². The highest BCUT2D eigenvalue weighted by molar-refractivity contribution is 7.80. The summed E-state index contributed by atoms with van der Waals surface area (Å²) in [7, 11) is 0. The van der Waals surface area contributed by atoms with E-state index in [9.17, 15) is 4.39 Å². The Kier molecular flexibility index (Phi) is 3.03. The van der Waals surface area contributed by atoms with Crippen molar-refractivity contribution in [1.29, 1.82) is 0 Å². The van der Waals surface area contributed by atoms with Crippen molar-refractivity contribution >= 4 is 12.6 Å². The highest BCUT2D eigenvalue weighted by Gasteiger charge is 2.39. The summed E-state index contributed by atoms with van der Waals surface area (Å²) in [5, 5.41) is 0. The van der Waals surface area contributed by atoms with E-state index in [1.165, 1.54) is 5.56 Å². The fourth-order valence-corrected chi connectivity index (χ4v) is 2.42. The van der Waals surface area contributed by atoms with Crippen LogP contribution in [0, 0.1) is 12.7 Å². The predicted molar refractivity (Wildman–Crippen MR) is 62.1 cm³/mol. The quantitative estimate of drug-likeness (QED) is 0.780. The van der Waals surface area contributed by atoms with Crippen molar-refractivity contribution < 1.29 is 9.13 Å². The summed E-state index contributed by atoms with van der Waals surface area (Å²) in [4.78, 5) is 0. The van der Waals surface area contributed by atoms with Crippen LogP contribution < -0.4 is 0 Å². The van der Waals surface area contributed by atoms with Crippen molar-refractivity contribution in [2.45, 2.75) is 18.8 Å². The Morgan fingerprint density at radius 1 is 1.47 bits per heavy atom. The van der Waals surface area contributed by atoms with E-state index in [4.69, 9.17) is 4.74 Å². The Morgan fingerprint density at radius 3 is 2.67 bits per heavy atom. The summed E-state index contributed by atoms with van der Waals surface area (Å²) in [6.45, 7) is 3.27. The number of hydrogen-bond acceptors (Lipinski definition) is 2. The summed E-state index contributed by atoms with van der Waals surface area (Å²) in [5.74, 6) is 0.694. The molecule has 0 N–H and O–H groups in total. The van der Waals surface area contributed by atoms with E-state index in [2.05, 4.69) is 12.6 Å². The summed E-state index contributed by atoms with van der Waals surface area (Å²) in [6, 6.07) is 5.35. The summed E-state index contributed by atoms with van der Waals surface area (Å²) in [6.07, 6.45) is 0.987. The molecule has 0 bridgehead atoms. The van der Waals surface area contributed by atoms with Gasteiger partial charge >= 0.3 is 0 Å². The van der Waals surface area contributed by atoms with Crippen LogP contribution >= 0.6 is 12.6 Å². The van der Waals surface area contributed by atoms with Gasteiger partial charge in [0.05, 0.1) is 13.2 Å². The first-order chi connectivity index (χ1) is 7.18. The van der Waals surface area contributed by atoms with Crippen LogP contribution in [0.25, 0.3) is 0 Å². The van der Waals surface area contributed by atoms with Crippen molar-refractivity contribution in [2.24, 2.45) is 0 Å². The second-order valence-electron chi connectivity index (χ2n) is 4.21. The van der Waals surface area contributed by atoms with Gasteiger partial charge in [0, 0.05) is 5.41 Å². The molecule has 82 valence electrons. The third-order valence-electron chi connectivity index (χ3n) is 3.12. The van der Waals surface area contributed by atoms with E-state index in [1.54, 1.807) is 13.0 Å². The van der Waals surface area contributed by atoms with E-state index < -0.39 is 0 Å². The molecule has 1 fully saturated rings. The first-order valence-electron chi connectivity index (χ1n) is 5.13. The molecule has 1 aromatic rings. The predicted octanol–water partition coefficient (Wildman–Crippen LogP) is 2.72. The molecule has 0 atom stereocenters. The SMILES string of the molecule is Cc1cc(C2(CCS)COC2)ccc1F. The second-order valence-corrected chi connectivity index (χ2v) is 4.66. The van der Waals surface area contributed by atoms with Crippen LogP contribution in [0.4, 0.5) is 4.39 Å². The van der Waals surface area contributed by atoms with Gasteiger partial charge < -0.3 is 4.74 Å². The summed E-state index contributed by atoms with van der Waals surface area (Å²) >= 11 is 4.27. The molecular weight excluding hydrogens is 211 g/mol. The molecule has 0 unspecified atom stereocenters. The third kappa shape index (κ3) is 1.91. The minimum atomic E-state index is -0.139. The highest BCUT2D eigenvalue weighted by atomic mass is 32.1. The van der Waals surface area contributed by atoms with Crippen molar-refractivity contribution in [1.82, 2.24) is 0 Å². The van der Waals surface area contributed by atoms with E-state index in [1.807, 2.05) is 12.1 Å². The van der Waals surface area contributed by atoms with Gasteiger partial charge in [0.2, 0.25) is 0 Å². The van der Waals surface area contributed by atoms with Crippen LogP contribution in [0.3, 0.4) is 0 Å². The van der Waals surface area contributed by atoms with E-state index >= 15 is 0 Å². The Balaban J connectivity index is 2.30. The fourth-order valence-electron chi connectivity index (χ4n) is 1.99. The zero-order chi connectivity index (χ0) is 10.9. The minimum absolute atomic E-state index is 0.0835. The van der Waals surface area contributed by atoms with Gasteiger partial charge in [0.25, 0.3) is 0 Å². The molecule has 0 saturated carbocycles. The molecule has 0 aliphatic carbocycles. The lowest BCUT2D eigenvalue weighted by Crippen LogP contribution is -2.47. The summed E-state index contributed by atoms with van der Waals surface area (Å²) < 4.78 is 18.4. The topological polar surface area (TPSA) is 9.23 Å². The molecule has 2 rings (SSSR count). The first-order valence-corrected chi connectivity index (χ1v) is 5.76. The van der Waals surface area contributed by atoms with Gasteiger partial charge in [-0.2, -0.15) is 12.6 Å². The average Bonchev–Trinajstić information content (AvgIpc) is 2.16. The molecule has 1 saturated heterocycles. The maximum atomic E-state index is 13.1. The van der Waals surface area contributed by atoms with E-state index in [0.29, 0.717) is 5.56 Å². The zero-order valence-electron chi connectivity index (χ0n) is 8.79. The highest BCUT2D eigenvalue weighted by Crippen LogP contribution is 2.36. The Bertz CT molecular complexity index is 361. The Morgan fingerprint density at radius 2 is 2.20 bits per heavy atom. The summed E-state index contributed by atoms with van der Waals surface area (Å²) in [5.41, 5.74) is 1.97. The molecule has 0 spiro atoms. The van der Waals surface area contributed by atoms with Crippen LogP contribution in [0.1, 0.15) is 17.5 Å². The zero-order valence-corrected chi connectivity index (χ0v) is 9.69. The first kappa shape index (κ1) is 11.0. The van der Waals surface area contributed by atoms with Crippen molar-refractivity contribution in [3.8, 4) is 0 Å². The molecule has 1 aliphatic rings. The molecule has 15 heavy (non-hydrogen) atoms.